The van der Waals surface area contributed by atoms with Gasteiger partial charge in [-0.1, -0.05) is 54.2 Å². The summed E-state index contributed by atoms with van der Waals surface area (Å²) in [6.07, 6.45) is 0. The molecule has 3 aromatic carbocycles. The molecule has 0 bridgehead atoms. The smallest absolute Gasteiger partial charge is 0.234 e. The van der Waals surface area contributed by atoms with E-state index in [4.69, 9.17) is 0 Å². The Bertz CT molecular complexity index is 1270. The molecular weight excluding hydrogens is 436 g/mol. The number of aromatic hydroxyl groups is 1. The summed E-state index contributed by atoms with van der Waals surface area (Å²) in [5, 5.41) is 21.7. The van der Waals surface area contributed by atoms with E-state index in [1.807, 2.05) is 34.9 Å². The SMILES string of the molecule is CC(=O)c1cccc(NC(=O)CSc2nnc(-c3ccc(O)cc3)n2Cc2ccccc2)c1. The minimum Gasteiger partial charge on any atom is -0.508 e. The van der Waals surface area contributed by atoms with Crippen LogP contribution in [0.4, 0.5) is 5.69 Å². The van der Waals surface area contributed by atoms with Crippen LogP contribution in [0.5, 0.6) is 5.75 Å². The fourth-order valence-corrected chi connectivity index (χ4v) is 4.01. The second kappa shape index (κ2) is 10.1. The van der Waals surface area contributed by atoms with Crippen LogP contribution < -0.4 is 5.32 Å². The highest BCUT2D eigenvalue weighted by molar-refractivity contribution is 7.99. The Balaban J connectivity index is 1.53. The van der Waals surface area contributed by atoms with Gasteiger partial charge in [-0.25, -0.2) is 0 Å². The monoisotopic (exact) mass is 458 g/mol. The molecule has 4 aromatic rings. The van der Waals surface area contributed by atoms with Crippen LogP contribution in [0.2, 0.25) is 0 Å². The molecule has 0 aliphatic heterocycles. The number of nitrogens with one attached hydrogen (secondary N) is 1. The van der Waals surface area contributed by atoms with Gasteiger partial charge in [-0.15, -0.1) is 10.2 Å². The highest BCUT2D eigenvalue weighted by Crippen LogP contribution is 2.26. The number of Topliss-reactive ketones (excluding diaryl/α,β-unsaturated/α-hetero) is 1. The maximum absolute atomic E-state index is 12.5. The summed E-state index contributed by atoms with van der Waals surface area (Å²) in [5.41, 5.74) is 3.00. The lowest BCUT2D eigenvalue weighted by atomic mass is 10.1. The van der Waals surface area contributed by atoms with Crippen LogP contribution in [0, 0.1) is 0 Å². The number of benzene rings is 3. The van der Waals surface area contributed by atoms with Gasteiger partial charge >= 0.3 is 0 Å². The number of anilines is 1. The molecular formula is C25H22N4O3S. The first-order chi connectivity index (χ1) is 16.0. The Hall–Kier alpha value is -3.91. The van der Waals surface area contributed by atoms with E-state index < -0.39 is 0 Å². The Morgan fingerprint density at radius 2 is 1.73 bits per heavy atom. The zero-order valence-electron chi connectivity index (χ0n) is 17.9. The van der Waals surface area contributed by atoms with E-state index in [0.29, 0.717) is 28.8 Å². The minimum absolute atomic E-state index is 0.0590. The first-order valence-corrected chi connectivity index (χ1v) is 11.3. The van der Waals surface area contributed by atoms with Crippen molar-refractivity contribution in [1.29, 1.82) is 0 Å². The lowest BCUT2D eigenvalue weighted by Gasteiger charge is -2.11. The molecule has 8 heteroatoms. The Morgan fingerprint density at radius 1 is 0.970 bits per heavy atom. The zero-order chi connectivity index (χ0) is 23.2. The number of rotatable bonds is 8. The largest absolute Gasteiger partial charge is 0.508 e. The molecule has 4 rings (SSSR count). The molecule has 0 aliphatic carbocycles. The van der Waals surface area contributed by atoms with Crippen molar-refractivity contribution < 1.29 is 14.7 Å². The lowest BCUT2D eigenvalue weighted by molar-refractivity contribution is -0.113. The Morgan fingerprint density at radius 3 is 2.45 bits per heavy atom. The van der Waals surface area contributed by atoms with Crippen molar-refractivity contribution in [1.82, 2.24) is 14.8 Å². The van der Waals surface area contributed by atoms with Crippen molar-refractivity contribution in [2.45, 2.75) is 18.6 Å². The van der Waals surface area contributed by atoms with Gasteiger partial charge < -0.3 is 10.4 Å². The van der Waals surface area contributed by atoms with Crippen LogP contribution >= 0.6 is 11.8 Å². The average Bonchev–Trinajstić information content (AvgIpc) is 3.21. The quantitative estimate of drug-likeness (QED) is 0.295. The summed E-state index contributed by atoms with van der Waals surface area (Å²) in [5.74, 6) is 0.689. The van der Waals surface area contributed by atoms with Crippen LogP contribution in [-0.4, -0.2) is 37.3 Å². The number of ketones is 1. The standard InChI is InChI=1S/C25H22N4O3S/c1-17(30)20-8-5-9-21(14-20)26-23(32)16-33-25-28-27-24(19-10-12-22(31)13-11-19)29(25)15-18-6-3-2-4-7-18/h2-14,31H,15-16H2,1H3,(H,26,32). The second-order valence-electron chi connectivity index (χ2n) is 7.40. The average molecular weight is 459 g/mol. The summed E-state index contributed by atoms with van der Waals surface area (Å²) in [4.78, 5) is 24.1. The van der Waals surface area contributed by atoms with E-state index in [0.717, 1.165) is 11.1 Å². The summed E-state index contributed by atoms with van der Waals surface area (Å²) >= 11 is 1.28. The lowest BCUT2D eigenvalue weighted by Crippen LogP contribution is -2.15. The number of phenols is 1. The molecule has 0 atom stereocenters. The van der Waals surface area contributed by atoms with Gasteiger partial charge in [0.15, 0.2) is 16.8 Å². The number of phenolic OH excluding ortho intramolecular Hbond substituents is 1. The van der Waals surface area contributed by atoms with Crippen LogP contribution in [0.1, 0.15) is 22.8 Å². The number of aromatic nitrogens is 3. The Labute approximate surface area is 195 Å². The number of amides is 1. The van der Waals surface area contributed by atoms with Gasteiger partial charge in [0.2, 0.25) is 5.91 Å². The molecule has 7 nitrogen and oxygen atoms in total. The van der Waals surface area contributed by atoms with Crippen molar-refractivity contribution in [3.8, 4) is 17.1 Å². The predicted octanol–water partition coefficient (Wildman–Crippen LogP) is 4.63. The van der Waals surface area contributed by atoms with E-state index in [1.165, 1.54) is 18.7 Å². The molecule has 1 heterocycles. The van der Waals surface area contributed by atoms with Gasteiger partial charge in [0.25, 0.3) is 0 Å². The maximum atomic E-state index is 12.5. The van der Waals surface area contributed by atoms with E-state index in [1.54, 1.807) is 48.5 Å². The molecule has 0 unspecified atom stereocenters. The van der Waals surface area contributed by atoms with Crippen LogP contribution in [0.15, 0.2) is 84.0 Å². The maximum Gasteiger partial charge on any atom is 0.234 e. The highest BCUT2D eigenvalue weighted by atomic mass is 32.2. The van der Waals surface area contributed by atoms with Gasteiger partial charge in [0.1, 0.15) is 5.75 Å². The summed E-state index contributed by atoms with van der Waals surface area (Å²) < 4.78 is 1.95. The molecule has 1 aromatic heterocycles. The third-order valence-corrected chi connectivity index (χ3v) is 5.88. The van der Waals surface area contributed by atoms with Crippen molar-refractivity contribution in [2.75, 3.05) is 11.1 Å². The first-order valence-electron chi connectivity index (χ1n) is 10.3. The molecule has 2 N–H and O–H groups in total. The van der Waals surface area contributed by atoms with Gasteiger partial charge in [-0.3, -0.25) is 14.2 Å². The molecule has 0 spiro atoms. The van der Waals surface area contributed by atoms with E-state index in [2.05, 4.69) is 15.5 Å². The van der Waals surface area contributed by atoms with E-state index in [9.17, 15) is 14.7 Å². The molecule has 0 saturated heterocycles. The number of hydrogen-bond donors (Lipinski definition) is 2. The normalized spacial score (nSPS) is 10.7. The molecule has 0 aliphatic rings. The third kappa shape index (κ3) is 5.67. The van der Waals surface area contributed by atoms with Crippen molar-refractivity contribution in [2.24, 2.45) is 0 Å². The van der Waals surface area contributed by atoms with Crippen molar-refractivity contribution in [3.63, 3.8) is 0 Å². The molecule has 166 valence electrons. The summed E-state index contributed by atoms with van der Waals surface area (Å²) in [6, 6.07) is 23.5. The van der Waals surface area contributed by atoms with E-state index >= 15 is 0 Å². The van der Waals surface area contributed by atoms with Gasteiger partial charge in [-0.05, 0) is 48.9 Å². The molecule has 0 radical (unpaired) electrons. The van der Waals surface area contributed by atoms with Crippen LogP contribution in [0.3, 0.4) is 0 Å². The topological polar surface area (TPSA) is 97.1 Å². The molecule has 1 amide bonds. The van der Waals surface area contributed by atoms with Gasteiger partial charge in [0.05, 0.1) is 12.3 Å². The molecule has 33 heavy (non-hydrogen) atoms. The number of hydrogen-bond acceptors (Lipinski definition) is 6. The van der Waals surface area contributed by atoms with Gasteiger partial charge in [0, 0.05) is 16.8 Å². The summed E-state index contributed by atoms with van der Waals surface area (Å²) in [6.45, 7) is 2.02. The van der Waals surface area contributed by atoms with Gasteiger partial charge in [-0.2, -0.15) is 0 Å². The Kier molecular flexibility index (Phi) is 6.85. The van der Waals surface area contributed by atoms with Crippen LogP contribution in [-0.2, 0) is 11.3 Å². The number of carbonyl (C=O) groups excluding carboxylic acids is 2. The fraction of sp³-hybridized carbons (Fsp3) is 0.120. The number of carbonyl (C=O) groups is 2. The van der Waals surface area contributed by atoms with Crippen molar-refractivity contribution >= 4 is 29.1 Å². The highest BCUT2D eigenvalue weighted by Gasteiger charge is 2.16. The zero-order valence-corrected chi connectivity index (χ0v) is 18.7. The van der Waals surface area contributed by atoms with Crippen molar-refractivity contribution in [3.05, 3.63) is 90.0 Å². The molecule has 0 saturated carbocycles. The van der Waals surface area contributed by atoms with E-state index in [-0.39, 0.29) is 23.2 Å². The predicted molar refractivity (Wildman–Crippen MR) is 128 cm³/mol. The first kappa shape index (κ1) is 22.3. The second-order valence-corrected chi connectivity index (χ2v) is 8.34. The number of nitrogens with zero attached hydrogens (tertiary/aromatic N) is 3. The fourth-order valence-electron chi connectivity index (χ4n) is 3.27. The number of thioether (sulfide) groups is 1. The van der Waals surface area contributed by atoms with Crippen LogP contribution in [0.25, 0.3) is 11.4 Å². The third-order valence-electron chi connectivity index (χ3n) is 4.91. The minimum atomic E-state index is -0.207. The molecule has 0 fully saturated rings. The summed E-state index contributed by atoms with van der Waals surface area (Å²) in [7, 11) is 0.